The molecule has 26 heavy (non-hydrogen) atoms. The van der Waals surface area contributed by atoms with Crippen LogP contribution in [0.2, 0.25) is 0 Å². The van der Waals surface area contributed by atoms with Gasteiger partial charge in [0.25, 0.3) is 0 Å². The van der Waals surface area contributed by atoms with E-state index in [1.165, 1.54) is 6.20 Å². The highest BCUT2D eigenvalue weighted by Gasteiger charge is 2.33. The van der Waals surface area contributed by atoms with Crippen LogP contribution in [0.1, 0.15) is 13.3 Å². The predicted octanol–water partition coefficient (Wildman–Crippen LogP) is 1.36. The first-order valence-electron chi connectivity index (χ1n) is 8.37. The summed E-state index contributed by atoms with van der Waals surface area (Å²) in [5.74, 6) is 2.65. The van der Waals surface area contributed by atoms with Crippen molar-refractivity contribution in [3.05, 3.63) is 24.4 Å². The van der Waals surface area contributed by atoms with Crippen molar-refractivity contribution in [2.24, 2.45) is 0 Å². The fourth-order valence-corrected chi connectivity index (χ4v) is 4.91. The number of benzene rings is 1. The van der Waals surface area contributed by atoms with Crippen molar-refractivity contribution in [3.8, 4) is 11.5 Å². The summed E-state index contributed by atoms with van der Waals surface area (Å²) in [6.45, 7) is 2.77. The molecule has 1 saturated heterocycles. The summed E-state index contributed by atoms with van der Waals surface area (Å²) in [7, 11) is -2.98. The van der Waals surface area contributed by atoms with Crippen molar-refractivity contribution in [1.82, 2.24) is 15.2 Å². The quantitative estimate of drug-likeness (QED) is 0.826. The number of anilines is 3. The Morgan fingerprint density at radius 1 is 1.31 bits per heavy atom. The van der Waals surface area contributed by atoms with Crippen molar-refractivity contribution in [3.63, 3.8) is 0 Å². The highest BCUT2D eigenvalue weighted by atomic mass is 32.2. The second-order valence-corrected chi connectivity index (χ2v) is 8.41. The van der Waals surface area contributed by atoms with Gasteiger partial charge in [-0.2, -0.15) is 10.1 Å². The smallest absolute Gasteiger partial charge is 0.247 e. The van der Waals surface area contributed by atoms with E-state index in [1.807, 2.05) is 30.0 Å². The summed E-state index contributed by atoms with van der Waals surface area (Å²) in [5.41, 5.74) is 0.784. The number of aromatic nitrogens is 3. The van der Waals surface area contributed by atoms with Gasteiger partial charge in [-0.05, 0) is 25.5 Å². The maximum absolute atomic E-state index is 11.8. The monoisotopic (exact) mass is 377 g/mol. The second kappa shape index (κ2) is 6.60. The van der Waals surface area contributed by atoms with Crippen molar-refractivity contribution in [2.45, 2.75) is 19.4 Å². The third kappa shape index (κ3) is 3.36. The van der Waals surface area contributed by atoms with Gasteiger partial charge in [0.15, 0.2) is 27.2 Å². The van der Waals surface area contributed by atoms with Crippen LogP contribution >= 0.6 is 0 Å². The van der Waals surface area contributed by atoms with E-state index in [4.69, 9.17) is 9.47 Å². The van der Waals surface area contributed by atoms with Crippen LogP contribution in [-0.2, 0) is 9.84 Å². The van der Waals surface area contributed by atoms with Crippen LogP contribution in [-0.4, -0.2) is 54.5 Å². The normalized spacial score (nSPS) is 20.1. The maximum Gasteiger partial charge on any atom is 0.247 e. The molecular weight excluding hydrogens is 358 g/mol. The van der Waals surface area contributed by atoms with Gasteiger partial charge in [-0.25, -0.2) is 8.42 Å². The number of hydrogen-bond donors (Lipinski definition) is 1. The molecule has 1 N–H and O–H groups in total. The average Bonchev–Trinajstić information content (AvgIpc) is 3.22. The number of ether oxygens (including phenoxy) is 2. The van der Waals surface area contributed by atoms with Crippen molar-refractivity contribution in [1.29, 1.82) is 0 Å². The standard InChI is InChI=1S/C16H19N5O4S/c1-2-21(12-5-6-26(22,23)9-12)16-19-15(8-17-20-16)18-11-3-4-13-14(7-11)25-10-24-13/h3-4,7-8,12H,2,5-6,9-10H2,1H3,(H,18,19,20). The predicted molar refractivity (Wildman–Crippen MR) is 95.8 cm³/mol. The third-order valence-electron chi connectivity index (χ3n) is 4.44. The Morgan fingerprint density at radius 3 is 2.92 bits per heavy atom. The molecule has 0 aliphatic carbocycles. The van der Waals surface area contributed by atoms with Gasteiger partial charge in [-0.1, -0.05) is 0 Å². The molecule has 0 spiro atoms. The molecule has 1 atom stereocenters. The number of hydrogen-bond acceptors (Lipinski definition) is 9. The van der Waals surface area contributed by atoms with Gasteiger partial charge in [-0.3, -0.25) is 0 Å². The minimum Gasteiger partial charge on any atom is -0.454 e. The minimum atomic E-state index is -2.98. The molecule has 1 aromatic heterocycles. The van der Waals surface area contributed by atoms with Gasteiger partial charge in [0.1, 0.15) is 0 Å². The van der Waals surface area contributed by atoms with Crippen LogP contribution in [0.5, 0.6) is 11.5 Å². The van der Waals surface area contributed by atoms with E-state index in [2.05, 4.69) is 20.5 Å². The largest absolute Gasteiger partial charge is 0.454 e. The third-order valence-corrected chi connectivity index (χ3v) is 6.19. The summed E-state index contributed by atoms with van der Waals surface area (Å²) >= 11 is 0. The van der Waals surface area contributed by atoms with Gasteiger partial charge in [-0.15, -0.1) is 5.10 Å². The summed E-state index contributed by atoms with van der Waals surface area (Å²) < 4.78 is 34.2. The van der Waals surface area contributed by atoms with Crippen LogP contribution in [0, 0.1) is 0 Å². The molecule has 0 bridgehead atoms. The Kier molecular flexibility index (Phi) is 4.27. The number of sulfone groups is 1. The molecule has 0 radical (unpaired) electrons. The lowest BCUT2D eigenvalue weighted by Crippen LogP contribution is -2.37. The molecule has 2 aliphatic heterocycles. The summed E-state index contributed by atoms with van der Waals surface area (Å²) in [6, 6.07) is 5.39. The molecule has 1 fully saturated rings. The van der Waals surface area contributed by atoms with Crippen LogP contribution < -0.4 is 19.7 Å². The number of nitrogens with one attached hydrogen (secondary N) is 1. The zero-order valence-corrected chi connectivity index (χ0v) is 15.1. The van der Waals surface area contributed by atoms with E-state index in [-0.39, 0.29) is 24.3 Å². The molecule has 0 amide bonds. The zero-order chi connectivity index (χ0) is 18.1. The van der Waals surface area contributed by atoms with Crippen molar-refractivity contribution < 1.29 is 17.9 Å². The van der Waals surface area contributed by atoms with Gasteiger partial charge in [0.2, 0.25) is 12.7 Å². The molecule has 4 rings (SSSR count). The zero-order valence-electron chi connectivity index (χ0n) is 14.3. The second-order valence-electron chi connectivity index (χ2n) is 6.18. The highest BCUT2D eigenvalue weighted by Crippen LogP contribution is 2.35. The molecule has 1 aromatic carbocycles. The minimum absolute atomic E-state index is 0.118. The first kappa shape index (κ1) is 16.8. The Morgan fingerprint density at radius 2 is 2.15 bits per heavy atom. The lowest BCUT2D eigenvalue weighted by atomic mass is 10.2. The van der Waals surface area contributed by atoms with E-state index in [0.717, 1.165) is 5.69 Å². The first-order valence-corrected chi connectivity index (χ1v) is 10.2. The lowest BCUT2D eigenvalue weighted by Gasteiger charge is -2.26. The lowest BCUT2D eigenvalue weighted by molar-refractivity contribution is 0.174. The SMILES string of the molecule is CCN(c1nncc(Nc2ccc3c(c2)OCO3)n1)C1CCS(=O)(=O)C1. The van der Waals surface area contributed by atoms with E-state index >= 15 is 0 Å². The molecule has 138 valence electrons. The fourth-order valence-electron chi connectivity index (χ4n) is 3.18. The first-order chi connectivity index (χ1) is 12.5. The van der Waals surface area contributed by atoms with E-state index < -0.39 is 9.84 Å². The van der Waals surface area contributed by atoms with Crippen LogP contribution in [0.3, 0.4) is 0 Å². The highest BCUT2D eigenvalue weighted by molar-refractivity contribution is 7.91. The molecule has 2 aromatic rings. The number of nitrogens with zero attached hydrogens (tertiary/aromatic N) is 4. The van der Waals surface area contributed by atoms with Gasteiger partial charge < -0.3 is 19.7 Å². The summed E-state index contributed by atoms with van der Waals surface area (Å²) in [4.78, 5) is 6.39. The molecule has 1 unspecified atom stereocenters. The fraction of sp³-hybridized carbons (Fsp3) is 0.438. The summed E-state index contributed by atoms with van der Waals surface area (Å²) in [5, 5.41) is 11.3. The Labute approximate surface area is 151 Å². The number of fused-ring (bicyclic) bond motifs is 1. The summed E-state index contributed by atoms with van der Waals surface area (Å²) in [6.07, 6.45) is 2.10. The van der Waals surface area contributed by atoms with Crippen molar-refractivity contribution in [2.75, 3.05) is 35.1 Å². The van der Waals surface area contributed by atoms with Crippen LogP contribution in [0.25, 0.3) is 0 Å². The molecule has 0 saturated carbocycles. The van der Waals surface area contributed by atoms with Gasteiger partial charge in [0, 0.05) is 24.3 Å². The van der Waals surface area contributed by atoms with Gasteiger partial charge >= 0.3 is 0 Å². The maximum atomic E-state index is 11.8. The van der Waals surface area contributed by atoms with Crippen LogP contribution in [0.4, 0.5) is 17.5 Å². The average molecular weight is 377 g/mol. The number of rotatable bonds is 5. The topological polar surface area (TPSA) is 107 Å². The van der Waals surface area contributed by atoms with Crippen LogP contribution in [0.15, 0.2) is 24.4 Å². The Bertz CT molecular complexity index is 921. The van der Waals surface area contributed by atoms with Crippen molar-refractivity contribution >= 4 is 27.3 Å². The molecule has 9 nitrogen and oxygen atoms in total. The molecular formula is C16H19N5O4S. The van der Waals surface area contributed by atoms with E-state index in [9.17, 15) is 8.42 Å². The Balaban J connectivity index is 1.54. The molecule has 3 heterocycles. The van der Waals surface area contributed by atoms with E-state index in [1.54, 1.807) is 0 Å². The molecule has 2 aliphatic rings. The van der Waals surface area contributed by atoms with Gasteiger partial charge in [0.05, 0.1) is 17.7 Å². The Hall–Kier alpha value is -2.62. The van der Waals surface area contributed by atoms with E-state index in [0.29, 0.717) is 36.2 Å². The molecule has 10 heteroatoms.